The molecule has 2 rings (SSSR count). The Kier molecular flexibility index (Phi) is 40.0. The molecule has 0 spiro atoms. The first-order valence-corrected chi connectivity index (χ1v) is 28.8. The van der Waals surface area contributed by atoms with Crippen molar-refractivity contribution in [1.29, 1.82) is 0 Å². The third-order valence-electron chi connectivity index (χ3n) is 14.0. The first-order valence-electron chi connectivity index (χ1n) is 28.8. The van der Waals surface area contributed by atoms with Crippen molar-refractivity contribution in [3.63, 3.8) is 0 Å². The quantitative estimate of drug-likeness (QED) is 0.0171. The predicted octanol–water partition coefficient (Wildman–Crippen LogP) is 9.33. The van der Waals surface area contributed by atoms with Gasteiger partial charge in [0.1, 0.15) is 55.4 Å². The van der Waals surface area contributed by atoms with Crippen LogP contribution in [0.15, 0.2) is 12.2 Å². The van der Waals surface area contributed by atoms with Crippen LogP contribution in [0.25, 0.3) is 0 Å². The van der Waals surface area contributed by atoms with E-state index in [9.17, 15) is 45.3 Å². The second-order valence-corrected chi connectivity index (χ2v) is 20.5. The minimum Gasteiger partial charge on any atom is -0.462 e. The standard InChI is InChI=1S/C56H104O15/c1-3-5-7-9-11-13-15-17-19-21-23-24-26-28-30-32-34-36-38-47(58)66-41-44(69-48(59)39-37-35-33-31-29-27-25-22-20-18-16-14-12-10-8-6-4-2)42-67-55-54(65)52(63)50(61)46(71-55)43-68-56-53(64)51(62)49(60)45(40-57)70-56/h14,16,44-46,49-57,60-65H,3-13,15,17-43H2,1-2H3/b16-14+/t44-,45+,46+,49-,50-,51?,52?,53?,54?,55+,56+/m0/s1. The van der Waals surface area contributed by atoms with Gasteiger partial charge >= 0.3 is 11.9 Å². The molecule has 0 bridgehead atoms. The number of hydrogen-bond acceptors (Lipinski definition) is 15. The highest BCUT2D eigenvalue weighted by atomic mass is 16.7. The number of aliphatic hydroxyl groups excluding tert-OH is 7. The lowest BCUT2D eigenvalue weighted by atomic mass is 9.98. The number of allylic oxidation sites excluding steroid dienone is 2. The maximum atomic E-state index is 13.1. The maximum absolute atomic E-state index is 13.1. The van der Waals surface area contributed by atoms with E-state index in [-0.39, 0.29) is 26.1 Å². The molecule has 418 valence electrons. The first kappa shape index (κ1) is 65.4. The monoisotopic (exact) mass is 1020 g/mol. The molecule has 0 aromatic heterocycles. The highest BCUT2D eigenvalue weighted by Gasteiger charge is 2.47. The van der Waals surface area contributed by atoms with E-state index in [1.54, 1.807) is 0 Å². The van der Waals surface area contributed by atoms with Gasteiger partial charge in [0.2, 0.25) is 0 Å². The molecule has 11 atom stereocenters. The largest absolute Gasteiger partial charge is 0.462 e. The Balaban J connectivity index is 1.75. The molecular formula is C56H104O15. The van der Waals surface area contributed by atoms with E-state index in [0.29, 0.717) is 12.8 Å². The summed E-state index contributed by atoms with van der Waals surface area (Å²) in [6.45, 7) is 2.63. The summed E-state index contributed by atoms with van der Waals surface area (Å²) in [6, 6.07) is 0. The van der Waals surface area contributed by atoms with Crippen molar-refractivity contribution < 1.29 is 73.8 Å². The molecule has 2 aliphatic rings. The molecule has 2 aliphatic heterocycles. The molecule has 0 aliphatic carbocycles. The Hall–Kier alpha value is -1.76. The number of ether oxygens (including phenoxy) is 6. The zero-order valence-corrected chi connectivity index (χ0v) is 44.5. The Bertz CT molecular complexity index is 1290. The molecule has 2 saturated heterocycles. The van der Waals surface area contributed by atoms with E-state index < -0.39 is 92.7 Å². The zero-order valence-electron chi connectivity index (χ0n) is 44.5. The van der Waals surface area contributed by atoms with Crippen LogP contribution in [0.1, 0.15) is 239 Å². The van der Waals surface area contributed by atoms with Gasteiger partial charge < -0.3 is 64.2 Å². The fourth-order valence-corrected chi connectivity index (χ4v) is 9.27. The van der Waals surface area contributed by atoms with E-state index in [4.69, 9.17) is 28.4 Å². The molecule has 0 aromatic rings. The number of carbonyl (C=O) groups excluding carboxylic acids is 2. The summed E-state index contributed by atoms with van der Waals surface area (Å²) in [5.74, 6) is -0.912. The molecule has 0 amide bonds. The average Bonchev–Trinajstić information content (AvgIpc) is 3.36. The van der Waals surface area contributed by atoms with Crippen LogP contribution in [-0.4, -0.2) is 142 Å². The zero-order chi connectivity index (χ0) is 51.7. The minimum atomic E-state index is -1.76. The van der Waals surface area contributed by atoms with Gasteiger partial charge in [-0.3, -0.25) is 9.59 Å². The normalized spacial score (nSPS) is 25.2. The topological polar surface area (TPSA) is 231 Å². The minimum absolute atomic E-state index is 0.167. The van der Waals surface area contributed by atoms with Gasteiger partial charge in [0.05, 0.1) is 19.8 Å². The van der Waals surface area contributed by atoms with Crippen molar-refractivity contribution in [3.05, 3.63) is 12.2 Å². The molecule has 15 nitrogen and oxygen atoms in total. The fourth-order valence-electron chi connectivity index (χ4n) is 9.27. The lowest BCUT2D eigenvalue weighted by Crippen LogP contribution is -2.61. The number of hydrogen-bond donors (Lipinski definition) is 7. The van der Waals surface area contributed by atoms with Crippen molar-refractivity contribution in [2.45, 2.75) is 306 Å². The van der Waals surface area contributed by atoms with E-state index in [0.717, 1.165) is 44.9 Å². The fraction of sp³-hybridized carbons (Fsp3) is 0.929. The molecule has 0 radical (unpaired) electrons. The Morgan fingerprint density at radius 1 is 0.437 bits per heavy atom. The highest BCUT2D eigenvalue weighted by Crippen LogP contribution is 2.27. The van der Waals surface area contributed by atoms with Gasteiger partial charge in [-0.25, -0.2) is 0 Å². The van der Waals surface area contributed by atoms with Crippen molar-refractivity contribution in [3.8, 4) is 0 Å². The van der Waals surface area contributed by atoms with Gasteiger partial charge in [-0.1, -0.05) is 199 Å². The van der Waals surface area contributed by atoms with Crippen LogP contribution in [0, 0.1) is 0 Å². The molecule has 0 saturated carbocycles. The summed E-state index contributed by atoms with van der Waals surface area (Å²) in [5, 5.41) is 72.2. The van der Waals surface area contributed by atoms with Crippen LogP contribution in [0.2, 0.25) is 0 Å². The smallest absolute Gasteiger partial charge is 0.306 e. The van der Waals surface area contributed by atoms with Crippen LogP contribution >= 0.6 is 0 Å². The van der Waals surface area contributed by atoms with Gasteiger partial charge in [0, 0.05) is 12.8 Å². The number of esters is 2. The summed E-state index contributed by atoms with van der Waals surface area (Å²) >= 11 is 0. The molecule has 71 heavy (non-hydrogen) atoms. The number of carbonyl (C=O) groups is 2. The van der Waals surface area contributed by atoms with Crippen LogP contribution in [0.3, 0.4) is 0 Å². The van der Waals surface area contributed by atoms with E-state index >= 15 is 0 Å². The molecular weight excluding hydrogens is 913 g/mol. The van der Waals surface area contributed by atoms with E-state index in [2.05, 4.69) is 26.0 Å². The molecule has 4 unspecified atom stereocenters. The maximum Gasteiger partial charge on any atom is 0.306 e. The van der Waals surface area contributed by atoms with Crippen molar-refractivity contribution in [2.75, 3.05) is 26.4 Å². The second-order valence-electron chi connectivity index (χ2n) is 20.5. The number of rotatable bonds is 46. The summed E-state index contributed by atoms with van der Waals surface area (Å²) in [6.07, 6.45) is 28.0. The third kappa shape index (κ3) is 31.0. The Morgan fingerprint density at radius 3 is 1.25 bits per heavy atom. The Labute approximate surface area is 429 Å². The molecule has 2 heterocycles. The highest BCUT2D eigenvalue weighted by molar-refractivity contribution is 5.70. The van der Waals surface area contributed by atoms with Crippen LogP contribution in [-0.2, 0) is 38.0 Å². The van der Waals surface area contributed by atoms with Crippen molar-refractivity contribution >= 4 is 11.9 Å². The van der Waals surface area contributed by atoms with Gasteiger partial charge in [-0.15, -0.1) is 0 Å². The SMILES string of the molecule is CCCCCC/C=C/CCCCCCCCCCCC(=O)O[C@@H](COC(=O)CCCCCCCCCCCCCCCCCCCC)CO[C@@H]1O[C@H](CO[C@@H]2O[C@H](CO)[C@H](O)C(O)C2O)[C@H](O)C(O)C1O. The van der Waals surface area contributed by atoms with Crippen LogP contribution < -0.4 is 0 Å². The number of unbranched alkanes of at least 4 members (excludes halogenated alkanes) is 30. The van der Waals surface area contributed by atoms with Gasteiger partial charge in [-0.05, 0) is 38.5 Å². The third-order valence-corrected chi connectivity index (χ3v) is 14.0. The van der Waals surface area contributed by atoms with Crippen molar-refractivity contribution in [2.24, 2.45) is 0 Å². The van der Waals surface area contributed by atoms with Gasteiger partial charge in [0.25, 0.3) is 0 Å². The molecule has 2 fully saturated rings. The number of aliphatic hydroxyl groups is 7. The summed E-state index contributed by atoms with van der Waals surface area (Å²) < 4.78 is 33.7. The van der Waals surface area contributed by atoms with Crippen molar-refractivity contribution in [1.82, 2.24) is 0 Å². The lowest BCUT2D eigenvalue weighted by Gasteiger charge is -2.42. The van der Waals surface area contributed by atoms with E-state index in [1.807, 2.05) is 0 Å². The second kappa shape index (κ2) is 43.5. The first-order chi connectivity index (χ1) is 34.5. The summed E-state index contributed by atoms with van der Waals surface area (Å²) in [4.78, 5) is 25.9. The molecule has 0 aromatic carbocycles. The Morgan fingerprint density at radius 2 is 0.803 bits per heavy atom. The summed E-state index contributed by atoms with van der Waals surface area (Å²) in [5.41, 5.74) is 0. The average molecular weight is 1020 g/mol. The summed E-state index contributed by atoms with van der Waals surface area (Å²) in [7, 11) is 0. The predicted molar refractivity (Wildman–Crippen MR) is 275 cm³/mol. The molecule has 15 heteroatoms. The van der Waals surface area contributed by atoms with Gasteiger partial charge in [-0.2, -0.15) is 0 Å². The molecule has 7 N–H and O–H groups in total. The van der Waals surface area contributed by atoms with Gasteiger partial charge in [0.15, 0.2) is 18.7 Å². The van der Waals surface area contributed by atoms with E-state index in [1.165, 1.54) is 154 Å². The lowest BCUT2D eigenvalue weighted by molar-refractivity contribution is -0.332. The van der Waals surface area contributed by atoms with Crippen LogP contribution in [0.4, 0.5) is 0 Å². The van der Waals surface area contributed by atoms with Crippen LogP contribution in [0.5, 0.6) is 0 Å².